The van der Waals surface area contributed by atoms with Gasteiger partial charge in [0.25, 0.3) is 6.33 Å². The van der Waals surface area contributed by atoms with Crippen LogP contribution in [0, 0.1) is 27.7 Å². The van der Waals surface area contributed by atoms with Gasteiger partial charge in [-0.25, -0.2) is 9.13 Å². The summed E-state index contributed by atoms with van der Waals surface area (Å²) in [5, 5.41) is 0. The molecular weight excluding hydrogens is 416 g/mol. The van der Waals surface area contributed by atoms with Crippen LogP contribution in [0.2, 0.25) is 0 Å². The highest BCUT2D eigenvalue weighted by atomic mass is 79.9. The van der Waals surface area contributed by atoms with Crippen molar-refractivity contribution in [2.75, 3.05) is 0 Å². The second-order valence-electron chi connectivity index (χ2n) is 6.00. The van der Waals surface area contributed by atoms with Crippen molar-refractivity contribution < 1.29 is 4.57 Å². The molecule has 118 valence electrons. The maximum atomic E-state index is 3.57. The van der Waals surface area contributed by atoms with Crippen LogP contribution < -0.4 is 4.57 Å². The number of nitrogens with zero attached hydrogens (tertiary/aromatic N) is 2. The second kappa shape index (κ2) is 6.25. The van der Waals surface area contributed by atoms with Gasteiger partial charge in [-0.3, -0.25) is 0 Å². The highest BCUT2D eigenvalue weighted by Crippen LogP contribution is 2.24. The topological polar surface area (TPSA) is 8.81 Å². The Hall–Kier alpha value is -1.39. The molecule has 0 spiro atoms. The lowest BCUT2D eigenvalue weighted by atomic mass is 10.1. The predicted octanol–water partition coefficient (Wildman–Crippen LogP) is 5.51. The highest BCUT2D eigenvalue weighted by molar-refractivity contribution is 9.10. The molecular formula is C19H19Br2N2+. The van der Waals surface area contributed by atoms with E-state index in [2.05, 4.69) is 112 Å². The van der Waals surface area contributed by atoms with Crippen LogP contribution in [0.4, 0.5) is 0 Å². The fraction of sp³-hybridized carbons (Fsp3) is 0.211. The summed E-state index contributed by atoms with van der Waals surface area (Å²) in [6.45, 7) is 8.59. The van der Waals surface area contributed by atoms with Crippen molar-refractivity contribution in [3.05, 3.63) is 74.2 Å². The third kappa shape index (κ3) is 3.15. The van der Waals surface area contributed by atoms with E-state index in [0.29, 0.717) is 0 Å². The average molecular weight is 435 g/mol. The van der Waals surface area contributed by atoms with Gasteiger partial charge in [-0.15, -0.1) is 0 Å². The first kappa shape index (κ1) is 16.5. The molecule has 23 heavy (non-hydrogen) atoms. The van der Waals surface area contributed by atoms with Crippen LogP contribution in [0.1, 0.15) is 22.3 Å². The van der Waals surface area contributed by atoms with E-state index in [1.807, 2.05) is 0 Å². The Balaban J connectivity index is 2.13. The Bertz CT molecular complexity index is 776. The summed E-state index contributed by atoms with van der Waals surface area (Å²) in [5.41, 5.74) is 7.49. The zero-order valence-corrected chi connectivity index (χ0v) is 16.9. The van der Waals surface area contributed by atoms with E-state index in [4.69, 9.17) is 0 Å². The first-order chi connectivity index (χ1) is 10.9. The van der Waals surface area contributed by atoms with Crippen molar-refractivity contribution in [2.24, 2.45) is 0 Å². The largest absolute Gasteiger partial charge is 0.254 e. The lowest BCUT2D eigenvalue weighted by molar-refractivity contribution is -0.595. The van der Waals surface area contributed by atoms with E-state index in [-0.39, 0.29) is 0 Å². The quantitative estimate of drug-likeness (QED) is 0.470. The van der Waals surface area contributed by atoms with Gasteiger partial charge < -0.3 is 0 Å². The van der Waals surface area contributed by atoms with Crippen LogP contribution in [-0.2, 0) is 0 Å². The van der Waals surface area contributed by atoms with Crippen LogP contribution in [0.3, 0.4) is 0 Å². The van der Waals surface area contributed by atoms with Gasteiger partial charge in [-0.1, -0.05) is 31.9 Å². The molecule has 0 amide bonds. The minimum atomic E-state index is 1.12. The molecule has 2 nitrogen and oxygen atoms in total. The first-order valence-corrected chi connectivity index (χ1v) is 9.09. The number of halogens is 2. The Morgan fingerprint density at radius 2 is 1.26 bits per heavy atom. The molecule has 0 radical (unpaired) electrons. The molecule has 1 aromatic heterocycles. The summed E-state index contributed by atoms with van der Waals surface area (Å²) in [7, 11) is 0. The predicted molar refractivity (Wildman–Crippen MR) is 102 cm³/mol. The van der Waals surface area contributed by atoms with Crippen molar-refractivity contribution >= 4 is 31.9 Å². The summed E-state index contributed by atoms with van der Waals surface area (Å²) < 4.78 is 6.63. The molecule has 2 aromatic carbocycles. The molecule has 1 heterocycles. The maximum absolute atomic E-state index is 3.57. The summed E-state index contributed by atoms with van der Waals surface area (Å²) in [6.07, 6.45) is 6.38. The number of aromatic nitrogens is 2. The molecule has 0 fully saturated rings. The number of benzene rings is 2. The van der Waals surface area contributed by atoms with Gasteiger partial charge in [0.1, 0.15) is 23.8 Å². The molecule has 3 rings (SSSR count). The fourth-order valence-corrected chi connectivity index (χ4v) is 4.61. The van der Waals surface area contributed by atoms with Crippen LogP contribution in [0.15, 0.2) is 51.9 Å². The first-order valence-electron chi connectivity index (χ1n) is 7.50. The van der Waals surface area contributed by atoms with Crippen molar-refractivity contribution in [3.8, 4) is 11.4 Å². The Labute approximate surface area is 154 Å². The van der Waals surface area contributed by atoms with Crippen molar-refractivity contribution in [3.63, 3.8) is 0 Å². The van der Waals surface area contributed by atoms with E-state index >= 15 is 0 Å². The van der Waals surface area contributed by atoms with Crippen LogP contribution in [-0.4, -0.2) is 4.57 Å². The maximum Gasteiger partial charge on any atom is 0.254 e. The molecule has 3 aromatic rings. The van der Waals surface area contributed by atoms with Gasteiger partial charge in [-0.2, -0.15) is 0 Å². The molecule has 0 bridgehead atoms. The lowest BCUT2D eigenvalue weighted by Gasteiger charge is -2.08. The van der Waals surface area contributed by atoms with Crippen LogP contribution >= 0.6 is 31.9 Å². The minimum Gasteiger partial charge on any atom is -0.202 e. The van der Waals surface area contributed by atoms with Crippen molar-refractivity contribution in [1.29, 1.82) is 0 Å². The molecule has 0 atom stereocenters. The van der Waals surface area contributed by atoms with E-state index in [1.165, 1.54) is 33.6 Å². The van der Waals surface area contributed by atoms with E-state index < -0.39 is 0 Å². The minimum absolute atomic E-state index is 1.12. The molecule has 0 saturated heterocycles. The fourth-order valence-electron chi connectivity index (χ4n) is 3.24. The van der Waals surface area contributed by atoms with Crippen molar-refractivity contribution in [2.45, 2.75) is 27.7 Å². The molecule has 0 saturated carbocycles. The zero-order valence-electron chi connectivity index (χ0n) is 13.7. The Kier molecular flexibility index (Phi) is 4.47. The summed E-state index contributed by atoms with van der Waals surface area (Å²) in [5.74, 6) is 0. The number of hydrogen-bond donors (Lipinski definition) is 0. The average Bonchev–Trinajstić information content (AvgIpc) is 2.85. The van der Waals surface area contributed by atoms with Gasteiger partial charge >= 0.3 is 0 Å². The smallest absolute Gasteiger partial charge is 0.202 e. The van der Waals surface area contributed by atoms with Gasteiger partial charge in [0.15, 0.2) is 0 Å². The lowest BCUT2D eigenvalue weighted by Crippen LogP contribution is -2.30. The summed E-state index contributed by atoms with van der Waals surface area (Å²) in [6, 6.07) is 8.62. The molecule has 0 N–H and O–H groups in total. The molecule has 0 unspecified atom stereocenters. The summed E-state index contributed by atoms with van der Waals surface area (Å²) in [4.78, 5) is 0. The summed E-state index contributed by atoms with van der Waals surface area (Å²) >= 11 is 7.14. The monoisotopic (exact) mass is 433 g/mol. The van der Waals surface area contributed by atoms with Gasteiger partial charge in [0.05, 0.1) is 0 Å². The van der Waals surface area contributed by atoms with Gasteiger partial charge in [0.2, 0.25) is 0 Å². The van der Waals surface area contributed by atoms with Crippen LogP contribution in [0.5, 0.6) is 0 Å². The zero-order chi connectivity index (χ0) is 16.7. The molecule has 0 aliphatic carbocycles. The van der Waals surface area contributed by atoms with E-state index in [9.17, 15) is 0 Å². The number of rotatable bonds is 2. The van der Waals surface area contributed by atoms with Crippen molar-refractivity contribution in [1.82, 2.24) is 4.57 Å². The molecule has 4 heteroatoms. The Morgan fingerprint density at radius 1 is 0.783 bits per heavy atom. The van der Waals surface area contributed by atoms with Gasteiger partial charge in [-0.05, 0) is 74.2 Å². The SMILES string of the molecule is Cc1cc(Br)cc(C)c1-n1cc[n+](-c2c(C)cc(Br)cc2C)c1. The molecule has 0 aliphatic rings. The number of aryl methyl sites for hydroxylation is 4. The molecule has 0 aliphatic heterocycles. The second-order valence-corrected chi connectivity index (χ2v) is 7.84. The highest BCUT2D eigenvalue weighted by Gasteiger charge is 2.17. The number of hydrogen-bond acceptors (Lipinski definition) is 0. The van der Waals surface area contributed by atoms with E-state index in [0.717, 1.165) is 8.95 Å². The van der Waals surface area contributed by atoms with Gasteiger partial charge in [0, 0.05) is 8.95 Å². The number of imidazole rings is 1. The van der Waals surface area contributed by atoms with E-state index in [1.54, 1.807) is 0 Å². The Morgan fingerprint density at radius 3 is 1.78 bits per heavy atom. The van der Waals surface area contributed by atoms with Crippen LogP contribution in [0.25, 0.3) is 11.4 Å². The third-order valence-electron chi connectivity index (χ3n) is 4.06. The third-order valence-corrected chi connectivity index (χ3v) is 4.98. The standard InChI is InChI=1S/C19H19Br2N2/c1-12-7-16(20)8-13(2)18(12)22-5-6-23(11-22)19-14(3)9-17(21)10-15(19)4/h5-11H,1-4H3/q+1. The normalized spacial score (nSPS) is 11.0.